The molecule has 0 amide bonds. The van der Waals surface area contributed by atoms with E-state index in [1.807, 2.05) is 13.1 Å². The van der Waals surface area contributed by atoms with Crippen LogP contribution < -0.4 is 11.1 Å². The second kappa shape index (κ2) is 5.04. The summed E-state index contributed by atoms with van der Waals surface area (Å²) >= 11 is 0. The van der Waals surface area contributed by atoms with Gasteiger partial charge in [0.1, 0.15) is 0 Å². The van der Waals surface area contributed by atoms with E-state index in [1.54, 1.807) is 0 Å². The minimum absolute atomic E-state index is 0.102. The molecule has 1 unspecified atom stereocenters. The van der Waals surface area contributed by atoms with Gasteiger partial charge in [-0.05, 0) is 44.9 Å². The van der Waals surface area contributed by atoms with E-state index in [0.717, 1.165) is 19.4 Å². The summed E-state index contributed by atoms with van der Waals surface area (Å²) < 4.78 is 0. The van der Waals surface area contributed by atoms with E-state index in [1.165, 1.54) is 11.3 Å². The van der Waals surface area contributed by atoms with Crippen molar-refractivity contribution in [2.24, 2.45) is 5.73 Å². The topological polar surface area (TPSA) is 53.8 Å². The number of H-pyrrole nitrogens is 1. The van der Waals surface area contributed by atoms with Crippen LogP contribution in [0.1, 0.15) is 24.6 Å². The Hall–Kier alpha value is -0.800. The third-order valence-electron chi connectivity index (χ3n) is 1.98. The summed E-state index contributed by atoms with van der Waals surface area (Å²) in [4.78, 5) is 3.23. The van der Waals surface area contributed by atoms with Crippen LogP contribution in [0.3, 0.4) is 0 Å². The van der Waals surface area contributed by atoms with Crippen molar-refractivity contribution in [2.75, 3.05) is 6.54 Å². The van der Waals surface area contributed by atoms with Crippen molar-refractivity contribution in [3.8, 4) is 0 Å². The number of nitrogens with one attached hydrogen (secondary N) is 2. The van der Waals surface area contributed by atoms with Gasteiger partial charge in [0.05, 0.1) is 6.17 Å². The molecule has 1 aromatic heterocycles. The minimum Gasteiger partial charge on any atom is -0.365 e. The van der Waals surface area contributed by atoms with Crippen molar-refractivity contribution < 1.29 is 0 Å². The van der Waals surface area contributed by atoms with Crippen LogP contribution in [0.2, 0.25) is 0 Å². The van der Waals surface area contributed by atoms with Gasteiger partial charge in [0, 0.05) is 11.9 Å². The first-order chi connectivity index (χ1) is 6.18. The van der Waals surface area contributed by atoms with Crippen molar-refractivity contribution in [1.82, 2.24) is 10.3 Å². The molecular formula is C10H19N3. The zero-order valence-electron chi connectivity index (χ0n) is 8.43. The highest BCUT2D eigenvalue weighted by Crippen LogP contribution is 2.03. The number of aromatic nitrogens is 1. The first-order valence-electron chi connectivity index (χ1n) is 4.81. The highest BCUT2D eigenvalue weighted by Gasteiger charge is 1.96. The van der Waals surface area contributed by atoms with Crippen molar-refractivity contribution >= 4 is 0 Å². The molecule has 1 atom stereocenters. The highest BCUT2D eigenvalue weighted by atomic mass is 15.0. The van der Waals surface area contributed by atoms with Crippen molar-refractivity contribution in [3.63, 3.8) is 0 Å². The summed E-state index contributed by atoms with van der Waals surface area (Å²) in [5.41, 5.74) is 8.17. The number of aromatic amines is 1. The zero-order chi connectivity index (χ0) is 9.68. The highest BCUT2D eigenvalue weighted by molar-refractivity contribution is 5.14. The van der Waals surface area contributed by atoms with Gasteiger partial charge in [-0.15, -0.1) is 0 Å². The van der Waals surface area contributed by atoms with Crippen LogP contribution in [0.15, 0.2) is 12.3 Å². The molecule has 0 fully saturated rings. The van der Waals surface area contributed by atoms with Gasteiger partial charge in [-0.3, -0.25) is 0 Å². The smallest absolute Gasteiger partial charge is 0.0517 e. The Morgan fingerprint density at radius 1 is 1.62 bits per heavy atom. The Kier molecular flexibility index (Phi) is 3.99. The SMILES string of the molecule is Cc1c[nH]c(CCCNC(C)N)c1. The molecule has 0 saturated carbocycles. The van der Waals surface area contributed by atoms with E-state index in [9.17, 15) is 0 Å². The molecule has 1 rings (SSSR count). The first kappa shape index (κ1) is 10.3. The van der Waals surface area contributed by atoms with E-state index in [0.29, 0.717) is 0 Å². The Morgan fingerprint density at radius 2 is 2.38 bits per heavy atom. The molecule has 0 aliphatic heterocycles. The quantitative estimate of drug-likeness (QED) is 0.471. The fraction of sp³-hybridized carbons (Fsp3) is 0.600. The molecule has 3 nitrogen and oxygen atoms in total. The van der Waals surface area contributed by atoms with E-state index < -0.39 is 0 Å². The Balaban J connectivity index is 2.13. The molecule has 4 N–H and O–H groups in total. The van der Waals surface area contributed by atoms with Gasteiger partial charge in [0.25, 0.3) is 0 Å². The average molecular weight is 181 g/mol. The standard InChI is InChI=1S/C10H19N3/c1-8-6-10(13-7-8)4-3-5-12-9(2)11/h6-7,9,12-13H,3-5,11H2,1-2H3. The van der Waals surface area contributed by atoms with Crippen LogP contribution >= 0.6 is 0 Å². The summed E-state index contributed by atoms with van der Waals surface area (Å²) in [7, 11) is 0. The Bertz CT molecular complexity index is 240. The van der Waals surface area contributed by atoms with E-state index >= 15 is 0 Å². The lowest BCUT2D eigenvalue weighted by Gasteiger charge is -2.06. The van der Waals surface area contributed by atoms with Crippen molar-refractivity contribution in [1.29, 1.82) is 0 Å². The molecule has 13 heavy (non-hydrogen) atoms. The number of aryl methyl sites for hydroxylation is 2. The van der Waals surface area contributed by atoms with Gasteiger partial charge in [0.2, 0.25) is 0 Å². The lowest BCUT2D eigenvalue weighted by atomic mass is 10.2. The van der Waals surface area contributed by atoms with Crippen molar-refractivity contribution in [2.45, 2.75) is 32.9 Å². The third-order valence-corrected chi connectivity index (χ3v) is 1.98. The number of hydrogen-bond donors (Lipinski definition) is 3. The second-order valence-electron chi connectivity index (χ2n) is 3.55. The maximum absolute atomic E-state index is 5.56. The van der Waals surface area contributed by atoms with Gasteiger partial charge in [-0.1, -0.05) is 0 Å². The average Bonchev–Trinajstić information content (AvgIpc) is 2.45. The predicted molar refractivity (Wildman–Crippen MR) is 55.5 cm³/mol. The molecule has 1 heterocycles. The molecule has 0 bridgehead atoms. The maximum atomic E-state index is 5.56. The minimum atomic E-state index is 0.102. The number of rotatable bonds is 5. The molecule has 0 aliphatic carbocycles. The van der Waals surface area contributed by atoms with Crippen LogP contribution in [0.5, 0.6) is 0 Å². The summed E-state index contributed by atoms with van der Waals surface area (Å²) in [5, 5.41) is 3.19. The van der Waals surface area contributed by atoms with E-state index in [4.69, 9.17) is 5.73 Å². The van der Waals surface area contributed by atoms with Crippen LogP contribution in [0.4, 0.5) is 0 Å². The fourth-order valence-corrected chi connectivity index (χ4v) is 1.32. The second-order valence-corrected chi connectivity index (χ2v) is 3.55. The van der Waals surface area contributed by atoms with E-state index in [2.05, 4.69) is 23.3 Å². The molecule has 0 spiro atoms. The van der Waals surface area contributed by atoms with Crippen LogP contribution in [-0.2, 0) is 6.42 Å². The van der Waals surface area contributed by atoms with Gasteiger partial charge in [-0.25, -0.2) is 0 Å². The molecule has 3 heteroatoms. The monoisotopic (exact) mass is 181 g/mol. The Labute approximate surface area is 79.7 Å². The summed E-state index contributed by atoms with van der Waals surface area (Å²) in [6, 6.07) is 2.19. The number of hydrogen-bond acceptors (Lipinski definition) is 2. The van der Waals surface area contributed by atoms with Crippen LogP contribution in [0, 0.1) is 6.92 Å². The van der Waals surface area contributed by atoms with Crippen LogP contribution in [-0.4, -0.2) is 17.7 Å². The maximum Gasteiger partial charge on any atom is 0.0517 e. The number of nitrogens with two attached hydrogens (primary N) is 1. The lowest BCUT2D eigenvalue weighted by molar-refractivity contribution is 0.551. The van der Waals surface area contributed by atoms with Crippen molar-refractivity contribution in [3.05, 3.63) is 23.5 Å². The first-order valence-corrected chi connectivity index (χ1v) is 4.81. The Morgan fingerprint density at radius 3 is 2.92 bits per heavy atom. The third kappa shape index (κ3) is 4.10. The normalized spacial score (nSPS) is 13.2. The molecule has 1 aromatic rings. The molecule has 0 aliphatic rings. The molecule has 0 radical (unpaired) electrons. The van der Waals surface area contributed by atoms with Crippen LogP contribution in [0.25, 0.3) is 0 Å². The molecule has 0 aromatic carbocycles. The van der Waals surface area contributed by atoms with E-state index in [-0.39, 0.29) is 6.17 Å². The lowest BCUT2D eigenvalue weighted by Crippen LogP contribution is -2.34. The van der Waals surface area contributed by atoms with Gasteiger partial charge in [-0.2, -0.15) is 0 Å². The molecule has 0 saturated heterocycles. The fourth-order valence-electron chi connectivity index (χ4n) is 1.32. The van der Waals surface area contributed by atoms with Gasteiger partial charge in [0.15, 0.2) is 0 Å². The summed E-state index contributed by atoms with van der Waals surface area (Å²) in [6.45, 7) is 5.04. The summed E-state index contributed by atoms with van der Waals surface area (Å²) in [6.07, 6.45) is 4.36. The summed E-state index contributed by atoms with van der Waals surface area (Å²) in [5.74, 6) is 0. The molecular weight excluding hydrogens is 162 g/mol. The van der Waals surface area contributed by atoms with Gasteiger partial charge >= 0.3 is 0 Å². The zero-order valence-corrected chi connectivity index (χ0v) is 8.43. The predicted octanol–water partition coefficient (Wildman–Crippen LogP) is 1.15. The largest absolute Gasteiger partial charge is 0.365 e. The van der Waals surface area contributed by atoms with Gasteiger partial charge < -0.3 is 16.0 Å². The molecule has 74 valence electrons.